The van der Waals surface area contributed by atoms with Gasteiger partial charge in [0.2, 0.25) is 0 Å². The molecule has 2 heteroatoms. The lowest BCUT2D eigenvalue weighted by atomic mass is 10.0. The third-order valence-electron chi connectivity index (χ3n) is 2.30. The number of rotatable bonds is 3. The maximum atomic E-state index is 9.84. The second-order valence-electron chi connectivity index (χ2n) is 3.49. The van der Waals surface area contributed by atoms with Gasteiger partial charge in [0.05, 0.1) is 6.10 Å². The fourth-order valence-corrected chi connectivity index (χ4v) is 1.51. The van der Waals surface area contributed by atoms with Crippen molar-refractivity contribution in [2.45, 2.75) is 32.8 Å². The van der Waals surface area contributed by atoms with E-state index in [9.17, 15) is 5.11 Å². The molecular formula is C13H15ClO. The van der Waals surface area contributed by atoms with Crippen molar-refractivity contribution in [1.82, 2.24) is 0 Å². The Hall–Kier alpha value is -0.970. The fraction of sp³-hybridized carbons (Fsp3) is 0.385. The van der Waals surface area contributed by atoms with Crippen molar-refractivity contribution in [1.29, 1.82) is 0 Å². The minimum atomic E-state index is -0.469. The molecule has 1 atom stereocenters. The van der Waals surface area contributed by atoms with Crippen LogP contribution in [-0.2, 0) is 0 Å². The maximum absolute atomic E-state index is 9.84. The maximum Gasteiger partial charge on any atom is 0.0799 e. The molecule has 1 N–H and O–H groups in total. The van der Waals surface area contributed by atoms with E-state index >= 15 is 0 Å². The molecule has 0 radical (unpaired) electrons. The molecular weight excluding hydrogens is 208 g/mol. The zero-order chi connectivity index (χ0) is 11.3. The lowest BCUT2D eigenvalue weighted by Crippen LogP contribution is -1.97. The first-order valence-corrected chi connectivity index (χ1v) is 5.36. The highest BCUT2D eigenvalue weighted by Crippen LogP contribution is 2.23. The van der Waals surface area contributed by atoms with Crippen LogP contribution < -0.4 is 0 Å². The molecule has 0 spiro atoms. The van der Waals surface area contributed by atoms with Crippen molar-refractivity contribution in [2.24, 2.45) is 0 Å². The highest BCUT2D eigenvalue weighted by Gasteiger charge is 2.07. The number of benzene rings is 1. The molecule has 1 aromatic rings. The van der Waals surface area contributed by atoms with Crippen molar-refractivity contribution in [3.05, 3.63) is 34.3 Å². The van der Waals surface area contributed by atoms with E-state index < -0.39 is 6.10 Å². The average molecular weight is 223 g/mol. The first-order valence-electron chi connectivity index (χ1n) is 4.99. The third-order valence-corrected chi connectivity index (χ3v) is 2.71. The monoisotopic (exact) mass is 222 g/mol. The molecule has 0 heterocycles. The van der Waals surface area contributed by atoms with E-state index in [1.165, 1.54) is 0 Å². The summed E-state index contributed by atoms with van der Waals surface area (Å²) in [6.45, 7) is 3.75. The van der Waals surface area contributed by atoms with Crippen LogP contribution in [0, 0.1) is 18.8 Å². The Labute approximate surface area is 96.1 Å². The number of hydrogen-bond acceptors (Lipinski definition) is 1. The highest BCUT2D eigenvalue weighted by atomic mass is 35.5. The lowest BCUT2D eigenvalue weighted by molar-refractivity contribution is 0.169. The smallest absolute Gasteiger partial charge is 0.0799 e. The number of halogens is 1. The molecule has 0 aliphatic carbocycles. The number of aryl methyl sites for hydroxylation is 1. The van der Waals surface area contributed by atoms with E-state index in [0.29, 0.717) is 17.9 Å². The summed E-state index contributed by atoms with van der Waals surface area (Å²) in [5, 5.41) is 10.5. The van der Waals surface area contributed by atoms with Gasteiger partial charge < -0.3 is 5.11 Å². The Morgan fingerprint density at radius 2 is 2.20 bits per heavy atom. The Bertz CT molecular complexity index is 387. The molecule has 1 unspecified atom stereocenters. The van der Waals surface area contributed by atoms with Crippen molar-refractivity contribution in [2.75, 3.05) is 0 Å². The molecule has 0 saturated carbocycles. The van der Waals surface area contributed by atoms with Crippen LogP contribution in [0.1, 0.15) is 37.0 Å². The molecule has 1 aromatic carbocycles. The van der Waals surface area contributed by atoms with Crippen LogP contribution in [0.5, 0.6) is 0 Å². The normalized spacial score (nSPS) is 11.7. The fourth-order valence-electron chi connectivity index (χ4n) is 1.32. The van der Waals surface area contributed by atoms with Crippen molar-refractivity contribution in [3.8, 4) is 11.8 Å². The summed E-state index contributed by atoms with van der Waals surface area (Å²) in [4.78, 5) is 0. The quantitative estimate of drug-likeness (QED) is 0.777. The molecule has 0 saturated heterocycles. The van der Waals surface area contributed by atoms with Gasteiger partial charge in [-0.2, -0.15) is 0 Å². The van der Waals surface area contributed by atoms with Gasteiger partial charge in [0.25, 0.3) is 0 Å². The van der Waals surface area contributed by atoms with Crippen molar-refractivity contribution < 1.29 is 5.11 Å². The van der Waals surface area contributed by atoms with E-state index in [1.54, 1.807) is 6.92 Å². The van der Waals surface area contributed by atoms with Crippen LogP contribution in [0.15, 0.2) is 18.2 Å². The SMILES string of the molecule is CC#CCCC(O)c1ccc(C)c(Cl)c1. The summed E-state index contributed by atoms with van der Waals surface area (Å²) in [7, 11) is 0. The number of hydrogen-bond donors (Lipinski definition) is 1. The molecule has 0 fully saturated rings. The molecule has 15 heavy (non-hydrogen) atoms. The Kier molecular flexibility index (Phi) is 4.68. The largest absolute Gasteiger partial charge is 0.388 e. The molecule has 1 nitrogen and oxygen atoms in total. The average Bonchev–Trinajstić information content (AvgIpc) is 2.22. The van der Waals surface area contributed by atoms with Gasteiger partial charge in [0.1, 0.15) is 0 Å². The zero-order valence-electron chi connectivity index (χ0n) is 9.05. The van der Waals surface area contributed by atoms with Gasteiger partial charge in [-0.15, -0.1) is 11.8 Å². The van der Waals surface area contributed by atoms with E-state index in [1.807, 2.05) is 25.1 Å². The zero-order valence-corrected chi connectivity index (χ0v) is 9.80. The van der Waals surface area contributed by atoms with Crippen molar-refractivity contribution in [3.63, 3.8) is 0 Å². The molecule has 0 bridgehead atoms. The summed E-state index contributed by atoms with van der Waals surface area (Å²) >= 11 is 5.98. The van der Waals surface area contributed by atoms with E-state index in [4.69, 9.17) is 11.6 Å². The summed E-state index contributed by atoms with van der Waals surface area (Å²) in [5.74, 6) is 5.74. The lowest BCUT2D eigenvalue weighted by Gasteiger charge is -2.10. The van der Waals surface area contributed by atoms with Gasteiger partial charge in [-0.25, -0.2) is 0 Å². The number of aliphatic hydroxyl groups excluding tert-OH is 1. The van der Waals surface area contributed by atoms with Gasteiger partial charge in [0.15, 0.2) is 0 Å². The van der Waals surface area contributed by atoms with Crippen LogP contribution >= 0.6 is 11.6 Å². The minimum Gasteiger partial charge on any atom is -0.388 e. The van der Waals surface area contributed by atoms with E-state index in [0.717, 1.165) is 11.1 Å². The summed E-state index contributed by atoms with van der Waals surface area (Å²) in [6.07, 6.45) is 0.896. The molecule has 80 valence electrons. The van der Waals surface area contributed by atoms with Crippen molar-refractivity contribution >= 4 is 11.6 Å². The van der Waals surface area contributed by atoms with E-state index in [-0.39, 0.29) is 0 Å². The van der Waals surface area contributed by atoms with Crippen LogP contribution in [0.4, 0.5) is 0 Å². The van der Waals surface area contributed by atoms with E-state index in [2.05, 4.69) is 11.8 Å². The summed E-state index contributed by atoms with van der Waals surface area (Å²) in [5.41, 5.74) is 1.89. The first-order chi connectivity index (χ1) is 7.15. The standard InChI is InChI=1S/C13H15ClO/c1-3-4-5-6-13(15)11-8-7-10(2)12(14)9-11/h7-9,13,15H,5-6H2,1-2H3. The Balaban J connectivity index is 2.68. The second kappa shape index (κ2) is 5.80. The van der Waals surface area contributed by atoms with Gasteiger partial charge in [0, 0.05) is 11.4 Å². The Morgan fingerprint density at radius 3 is 2.80 bits per heavy atom. The topological polar surface area (TPSA) is 20.2 Å². The summed E-state index contributed by atoms with van der Waals surface area (Å²) in [6, 6.07) is 5.65. The molecule has 1 rings (SSSR count). The second-order valence-corrected chi connectivity index (χ2v) is 3.90. The predicted octanol–water partition coefficient (Wildman–Crippen LogP) is 3.49. The van der Waals surface area contributed by atoms with Crippen LogP contribution in [0.3, 0.4) is 0 Å². The molecule has 0 aliphatic heterocycles. The molecule has 0 aromatic heterocycles. The van der Waals surface area contributed by atoms with Gasteiger partial charge in [-0.05, 0) is 37.5 Å². The third kappa shape index (κ3) is 3.58. The highest BCUT2D eigenvalue weighted by molar-refractivity contribution is 6.31. The first kappa shape index (κ1) is 12.1. The van der Waals surface area contributed by atoms with Crippen LogP contribution in [0.25, 0.3) is 0 Å². The molecule has 0 amide bonds. The van der Waals surface area contributed by atoms with Crippen LogP contribution in [-0.4, -0.2) is 5.11 Å². The van der Waals surface area contributed by atoms with Gasteiger partial charge in [-0.3, -0.25) is 0 Å². The van der Waals surface area contributed by atoms with Gasteiger partial charge >= 0.3 is 0 Å². The minimum absolute atomic E-state index is 0.469. The molecule has 0 aliphatic rings. The number of aliphatic hydroxyl groups is 1. The van der Waals surface area contributed by atoms with Gasteiger partial charge in [-0.1, -0.05) is 23.7 Å². The Morgan fingerprint density at radius 1 is 1.47 bits per heavy atom. The predicted molar refractivity (Wildman–Crippen MR) is 63.8 cm³/mol. The summed E-state index contributed by atoms with van der Waals surface area (Å²) < 4.78 is 0. The van der Waals surface area contributed by atoms with Crippen LogP contribution in [0.2, 0.25) is 5.02 Å².